The van der Waals surface area contributed by atoms with E-state index in [1.54, 1.807) is 6.07 Å². The summed E-state index contributed by atoms with van der Waals surface area (Å²) in [7, 11) is 0. The van der Waals surface area contributed by atoms with Crippen molar-refractivity contribution < 1.29 is 0 Å². The third kappa shape index (κ3) is 2.76. The lowest BCUT2D eigenvalue weighted by atomic mass is 9.94. The van der Waals surface area contributed by atoms with Crippen molar-refractivity contribution in [1.29, 1.82) is 0 Å². The molecular weight excluding hydrogens is 315 g/mol. The molecule has 22 heavy (non-hydrogen) atoms. The molecular formula is C18H13Cl2N2. The van der Waals surface area contributed by atoms with Crippen LogP contribution in [0.15, 0.2) is 54.6 Å². The molecule has 0 saturated heterocycles. The van der Waals surface area contributed by atoms with E-state index in [1.165, 1.54) is 0 Å². The van der Waals surface area contributed by atoms with Gasteiger partial charge in [-0.15, -0.1) is 0 Å². The molecule has 0 unspecified atom stereocenters. The van der Waals surface area contributed by atoms with Crippen LogP contribution in [0, 0.1) is 6.07 Å². The summed E-state index contributed by atoms with van der Waals surface area (Å²) >= 11 is 12.8. The molecule has 3 aromatic carbocycles. The summed E-state index contributed by atoms with van der Waals surface area (Å²) in [6, 6.07) is 19.7. The molecule has 4 heteroatoms. The Kier molecular flexibility index (Phi) is 3.97. The number of hydrogen-bond donors (Lipinski definition) is 2. The van der Waals surface area contributed by atoms with E-state index in [0.717, 1.165) is 22.3 Å². The fourth-order valence-corrected chi connectivity index (χ4v) is 2.87. The fraction of sp³-hybridized carbons (Fsp3) is 0. The topological polar surface area (TPSA) is 52.0 Å². The van der Waals surface area contributed by atoms with Crippen LogP contribution in [-0.2, 0) is 0 Å². The lowest BCUT2D eigenvalue weighted by Gasteiger charge is -2.14. The molecule has 1 radical (unpaired) electrons. The highest BCUT2D eigenvalue weighted by atomic mass is 35.5. The van der Waals surface area contributed by atoms with E-state index in [-0.39, 0.29) is 0 Å². The normalized spacial score (nSPS) is 10.6. The highest BCUT2D eigenvalue weighted by molar-refractivity contribution is 6.38. The van der Waals surface area contributed by atoms with E-state index in [0.29, 0.717) is 21.4 Å². The summed E-state index contributed by atoms with van der Waals surface area (Å²) in [6.45, 7) is 0. The quantitative estimate of drug-likeness (QED) is 0.628. The minimum absolute atomic E-state index is 0.515. The van der Waals surface area contributed by atoms with Gasteiger partial charge < -0.3 is 11.5 Å². The smallest absolute Gasteiger partial charge is 0.0570 e. The molecule has 0 aliphatic carbocycles. The lowest BCUT2D eigenvalue weighted by Crippen LogP contribution is -1.91. The Labute approximate surface area is 139 Å². The van der Waals surface area contributed by atoms with Crippen molar-refractivity contribution >= 4 is 34.6 Å². The Morgan fingerprint density at radius 2 is 1.14 bits per heavy atom. The molecule has 0 fully saturated rings. The number of nitrogen functional groups attached to an aromatic ring is 2. The molecule has 0 atom stereocenters. The zero-order valence-corrected chi connectivity index (χ0v) is 13.1. The maximum atomic E-state index is 6.41. The molecule has 0 aliphatic rings. The zero-order chi connectivity index (χ0) is 15.7. The predicted octanol–water partition coefficient (Wildman–Crippen LogP) is 5.29. The van der Waals surface area contributed by atoms with Crippen molar-refractivity contribution in [3.05, 3.63) is 70.7 Å². The van der Waals surface area contributed by atoms with Gasteiger partial charge in [0.25, 0.3) is 0 Å². The molecule has 0 amide bonds. The van der Waals surface area contributed by atoms with Crippen LogP contribution in [0.1, 0.15) is 0 Å². The monoisotopic (exact) mass is 327 g/mol. The van der Waals surface area contributed by atoms with Gasteiger partial charge in [-0.3, -0.25) is 0 Å². The number of hydrogen-bond acceptors (Lipinski definition) is 2. The van der Waals surface area contributed by atoms with Gasteiger partial charge in [0, 0.05) is 33.6 Å². The summed E-state index contributed by atoms with van der Waals surface area (Å²) < 4.78 is 0. The number of rotatable bonds is 2. The first-order valence-corrected chi connectivity index (χ1v) is 7.43. The molecule has 0 heterocycles. The Morgan fingerprint density at radius 1 is 0.682 bits per heavy atom. The molecule has 3 rings (SSSR count). The largest absolute Gasteiger partial charge is 0.399 e. The standard InChI is InChI=1S/C18H13Cl2N2/c19-15-9-10-16(20)18(12-3-7-14(22)8-4-12)17(15)11-1-5-13(21)6-2-11/h1-9H,21-22H2. The van der Waals surface area contributed by atoms with E-state index >= 15 is 0 Å². The highest BCUT2D eigenvalue weighted by Gasteiger charge is 2.15. The summed E-state index contributed by atoms with van der Waals surface area (Å²) in [5.74, 6) is 0. The molecule has 4 N–H and O–H groups in total. The van der Waals surface area contributed by atoms with Gasteiger partial charge in [0.2, 0.25) is 0 Å². The molecule has 0 spiro atoms. The van der Waals surface area contributed by atoms with E-state index in [2.05, 4.69) is 6.07 Å². The van der Waals surface area contributed by atoms with Gasteiger partial charge in [-0.2, -0.15) is 0 Å². The lowest BCUT2D eigenvalue weighted by molar-refractivity contribution is 1.57. The second-order valence-corrected chi connectivity index (χ2v) is 5.73. The third-order valence-corrected chi connectivity index (χ3v) is 4.03. The van der Waals surface area contributed by atoms with Crippen LogP contribution in [0.4, 0.5) is 11.4 Å². The first-order chi connectivity index (χ1) is 10.6. The van der Waals surface area contributed by atoms with Gasteiger partial charge in [0.1, 0.15) is 0 Å². The van der Waals surface area contributed by atoms with Gasteiger partial charge in [-0.1, -0.05) is 47.5 Å². The van der Waals surface area contributed by atoms with E-state index < -0.39 is 0 Å². The number of halogens is 2. The number of nitrogens with two attached hydrogens (primary N) is 2. The molecule has 3 aromatic rings. The van der Waals surface area contributed by atoms with Gasteiger partial charge in [0.15, 0.2) is 0 Å². The Bertz CT molecular complexity index is 739. The van der Waals surface area contributed by atoms with Crippen molar-refractivity contribution in [1.82, 2.24) is 0 Å². The van der Waals surface area contributed by atoms with E-state index in [9.17, 15) is 0 Å². The minimum Gasteiger partial charge on any atom is -0.399 e. The van der Waals surface area contributed by atoms with Crippen LogP contribution in [0.5, 0.6) is 0 Å². The first-order valence-electron chi connectivity index (χ1n) is 6.68. The van der Waals surface area contributed by atoms with Gasteiger partial charge in [0.05, 0.1) is 5.02 Å². The SMILES string of the molecule is Nc1ccc(-c2c(Cl)[c]cc(Cl)c2-c2ccc(N)cc2)cc1. The third-order valence-electron chi connectivity index (χ3n) is 3.43. The van der Waals surface area contributed by atoms with Gasteiger partial charge in [-0.05, 0) is 41.5 Å². The molecule has 0 aliphatic heterocycles. The van der Waals surface area contributed by atoms with Gasteiger partial charge >= 0.3 is 0 Å². The Morgan fingerprint density at radius 3 is 1.64 bits per heavy atom. The summed E-state index contributed by atoms with van der Waals surface area (Å²) in [5, 5.41) is 1.10. The molecule has 2 nitrogen and oxygen atoms in total. The summed E-state index contributed by atoms with van der Waals surface area (Å²) in [5.41, 5.74) is 16.5. The maximum absolute atomic E-state index is 6.41. The predicted molar refractivity (Wildman–Crippen MR) is 95.0 cm³/mol. The van der Waals surface area contributed by atoms with Crippen molar-refractivity contribution in [3.8, 4) is 22.3 Å². The highest BCUT2D eigenvalue weighted by Crippen LogP contribution is 2.42. The van der Waals surface area contributed by atoms with Crippen molar-refractivity contribution in [3.63, 3.8) is 0 Å². The van der Waals surface area contributed by atoms with Crippen LogP contribution >= 0.6 is 23.2 Å². The second kappa shape index (κ2) is 5.91. The average Bonchev–Trinajstić information content (AvgIpc) is 2.51. The Balaban J connectivity index is 2.27. The number of benzene rings is 3. The van der Waals surface area contributed by atoms with Crippen LogP contribution < -0.4 is 11.5 Å². The van der Waals surface area contributed by atoms with E-state index in [1.807, 2.05) is 48.5 Å². The first kappa shape index (κ1) is 14.8. The molecule has 0 saturated carbocycles. The van der Waals surface area contributed by atoms with Crippen LogP contribution in [-0.4, -0.2) is 0 Å². The summed E-state index contributed by atoms with van der Waals surface area (Å²) in [4.78, 5) is 0. The molecule has 0 aromatic heterocycles. The fourth-order valence-electron chi connectivity index (χ4n) is 2.35. The van der Waals surface area contributed by atoms with Crippen LogP contribution in [0.3, 0.4) is 0 Å². The molecule has 0 bridgehead atoms. The zero-order valence-electron chi connectivity index (χ0n) is 11.6. The minimum atomic E-state index is 0.515. The van der Waals surface area contributed by atoms with Crippen molar-refractivity contribution in [2.75, 3.05) is 11.5 Å². The second-order valence-electron chi connectivity index (χ2n) is 4.94. The van der Waals surface area contributed by atoms with Crippen molar-refractivity contribution in [2.24, 2.45) is 0 Å². The molecule has 109 valence electrons. The van der Waals surface area contributed by atoms with Crippen molar-refractivity contribution in [2.45, 2.75) is 0 Å². The van der Waals surface area contributed by atoms with Crippen LogP contribution in [0.25, 0.3) is 22.3 Å². The van der Waals surface area contributed by atoms with E-state index in [4.69, 9.17) is 34.7 Å². The van der Waals surface area contributed by atoms with Gasteiger partial charge in [-0.25, -0.2) is 0 Å². The maximum Gasteiger partial charge on any atom is 0.0570 e. The average molecular weight is 328 g/mol. The van der Waals surface area contributed by atoms with Crippen LogP contribution in [0.2, 0.25) is 10.0 Å². The number of anilines is 2. The summed E-state index contributed by atoms with van der Waals surface area (Å²) in [6.07, 6.45) is 0. The Hall–Kier alpha value is -2.16.